The molecule has 0 rings (SSSR count). The second-order valence-corrected chi connectivity index (χ2v) is 3.47. The minimum atomic E-state index is -1.29. The number of carboxylic acid groups (broad SMARTS) is 2. The molecule has 4 N–H and O–H groups in total. The molecule has 0 amide bonds. The van der Waals surface area contributed by atoms with Crippen molar-refractivity contribution >= 4 is 49.6 Å². The number of aliphatic carboxylic acids is 2. The Balaban J connectivity index is 0. The Morgan fingerprint density at radius 3 is 1.60 bits per heavy atom. The Bertz CT molecular complexity index is 227. The highest BCUT2D eigenvalue weighted by Crippen LogP contribution is 1.86. The van der Waals surface area contributed by atoms with Crippen molar-refractivity contribution in [2.24, 2.45) is 5.73 Å². The van der Waals surface area contributed by atoms with Crippen molar-refractivity contribution in [3.63, 3.8) is 0 Å². The molecule has 0 heterocycles. The van der Waals surface area contributed by atoms with Crippen LogP contribution in [-0.4, -0.2) is 44.6 Å². The van der Waals surface area contributed by atoms with Crippen LogP contribution in [0, 0.1) is 0 Å². The van der Waals surface area contributed by atoms with Crippen molar-refractivity contribution < 1.29 is 24.6 Å². The number of carbonyl (C=O) groups excluding carboxylic acids is 1. The largest absolute Gasteiger partial charge is 0.481 e. The van der Waals surface area contributed by atoms with Gasteiger partial charge < -0.3 is 15.9 Å². The first kappa shape index (κ1) is 16.9. The van der Waals surface area contributed by atoms with Crippen LogP contribution in [0.15, 0.2) is 0 Å². The Morgan fingerprint density at radius 1 is 1.13 bits per heavy atom. The summed E-state index contributed by atoms with van der Waals surface area (Å²) in [5.74, 6) is -2.32. The second kappa shape index (κ2) is 10.1. The third-order valence-electron chi connectivity index (χ3n) is 1.01. The fraction of sp³-hybridized carbons (Fsp3) is 0.571. The van der Waals surface area contributed by atoms with E-state index in [2.05, 4.69) is 31.9 Å². The fourth-order valence-electron chi connectivity index (χ4n) is 0.311. The Labute approximate surface area is 103 Å². The quantitative estimate of drug-likeness (QED) is 0.611. The maximum Gasteiger partial charge on any atom is 0.321 e. The molecule has 0 aromatic heterocycles. The molecule has 88 valence electrons. The van der Waals surface area contributed by atoms with E-state index in [1.807, 2.05) is 0 Å². The molecular weight excluding hydrogens is 338 g/mol. The van der Waals surface area contributed by atoms with Crippen molar-refractivity contribution in [3.8, 4) is 0 Å². The van der Waals surface area contributed by atoms with Crippen molar-refractivity contribution in [2.45, 2.75) is 12.5 Å². The van der Waals surface area contributed by atoms with Crippen LogP contribution in [0.5, 0.6) is 0 Å². The lowest BCUT2D eigenvalue weighted by atomic mass is 10.2. The molecule has 0 fully saturated rings. The van der Waals surface area contributed by atoms with Gasteiger partial charge in [-0.2, -0.15) is 0 Å². The van der Waals surface area contributed by atoms with Crippen LogP contribution in [0.3, 0.4) is 0 Å². The first-order valence-corrected chi connectivity index (χ1v) is 5.93. The molecule has 15 heavy (non-hydrogen) atoms. The highest BCUT2D eigenvalue weighted by Gasteiger charge is 2.14. The fourth-order valence-corrected chi connectivity index (χ4v) is 1.24. The van der Waals surface area contributed by atoms with Gasteiger partial charge in [0.25, 0.3) is 0 Å². The summed E-state index contributed by atoms with van der Waals surface area (Å²) in [4.78, 5) is 29.7. The number of hydrogen-bond donors (Lipinski definition) is 3. The van der Waals surface area contributed by atoms with Crippen LogP contribution in [-0.2, 0) is 14.4 Å². The van der Waals surface area contributed by atoms with Gasteiger partial charge in [0.05, 0.1) is 17.1 Å². The monoisotopic (exact) mass is 347 g/mol. The average molecular weight is 349 g/mol. The van der Waals surface area contributed by atoms with Crippen molar-refractivity contribution in [3.05, 3.63) is 0 Å². The minimum absolute atomic E-state index is 0.176. The number of halogens is 2. The van der Waals surface area contributed by atoms with Gasteiger partial charge in [0, 0.05) is 0 Å². The SMILES string of the molecule is N[C@@H](CC(=O)O)C(=O)O.O=C(CBr)CBr. The number of ketones is 1. The van der Waals surface area contributed by atoms with E-state index in [-0.39, 0.29) is 5.78 Å². The first-order chi connectivity index (χ1) is 6.84. The summed E-state index contributed by atoms with van der Waals surface area (Å²) in [5.41, 5.74) is 4.84. The third kappa shape index (κ3) is 13.5. The minimum Gasteiger partial charge on any atom is -0.481 e. The van der Waals surface area contributed by atoms with Crippen LogP contribution in [0.4, 0.5) is 0 Å². The molecule has 0 saturated heterocycles. The summed E-state index contributed by atoms with van der Waals surface area (Å²) in [6.45, 7) is 0. The molecule has 0 bridgehead atoms. The first-order valence-electron chi connectivity index (χ1n) is 3.69. The van der Waals surface area contributed by atoms with Gasteiger partial charge >= 0.3 is 11.9 Å². The molecule has 0 aromatic carbocycles. The number of nitrogens with two attached hydrogens (primary N) is 1. The molecule has 0 aliphatic rings. The zero-order valence-electron chi connectivity index (χ0n) is 7.65. The highest BCUT2D eigenvalue weighted by atomic mass is 79.9. The molecule has 0 aliphatic carbocycles. The van der Waals surface area contributed by atoms with E-state index < -0.39 is 24.4 Å². The number of hydrogen-bond acceptors (Lipinski definition) is 4. The van der Waals surface area contributed by atoms with Gasteiger partial charge in [-0.15, -0.1) is 0 Å². The van der Waals surface area contributed by atoms with Crippen LogP contribution < -0.4 is 5.73 Å². The number of Topliss-reactive ketones (excluding diaryl/α,β-unsaturated/α-hetero) is 1. The molecule has 6 nitrogen and oxygen atoms in total. The predicted octanol–water partition coefficient (Wildman–Crippen LogP) is 0.218. The third-order valence-corrected chi connectivity index (χ3v) is 2.26. The Morgan fingerprint density at radius 2 is 1.53 bits per heavy atom. The Hall–Kier alpha value is -0.470. The molecule has 0 spiro atoms. The molecular formula is C7H11Br2NO5. The van der Waals surface area contributed by atoms with Gasteiger partial charge in [-0.3, -0.25) is 14.4 Å². The number of rotatable bonds is 5. The zero-order chi connectivity index (χ0) is 12.4. The van der Waals surface area contributed by atoms with Crippen LogP contribution in [0.1, 0.15) is 6.42 Å². The summed E-state index contributed by atoms with van der Waals surface area (Å²) in [7, 11) is 0. The van der Waals surface area contributed by atoms with Crippen molar-refractivity contribution in [2.75, 3.05) is 10.7 Å². The summed E-state index contributed by atoms with van der Waals surface area (Å²) < 4.78 is 0. The lowest BCUT2D eigenvalue weighted by molar-refractivity contribution is -0.144. The summed E-state index contributed by atoms with van der Waals surface area (Å²) in [6.07, 6.45) is -0.532. The van der Waals surface area contributed by atoms with Gasteiger partial charge in [-0.1, -0.05) is 31.9 Å². The lowest BCUT2D eigenvalue weighted by Crippen LogP contribution is -2.32. The van der Waals surface area contributed by atoms with Crippen molar-refractivity contribution in [1.29, 1.82) is 0 Å². The van der Waals surface area contributed by atoms with Gasteiger partial charge in [0.2, 0.25) is 0 Å². The second-order valence-electron chi connectivity index (χ2n) is 2.35. The smallest absolute Gasteiger partial charge is 0.321 e. The van der Waals surface area contributed by atoms with Gasteiger partial charge in [-0.25, -0.2) is 0 Å². The molecule has 0 saturated carbocycles. The zero-order valence-corrected chi connectivity index (χ0v) is 10.8. The Kier molecular flexibility index (Phi) is 11.4. The van der Waals surface area contributed by atoms with E-state index in [4.69, 9.17) is 15.9 Å². The molecule has 0 unspecified atom stereocenters. The normalized spacial score (nSPS) is 10.9. The summed E-state index contributed by atoms with van der Waals surface area (Å²) >= 11 is 5.99. The molecule has 1 atom stereocenters. The van der Waals surface area contributed by atoms with E-state index in [0.717, 1.165) is 0 Å². The molecule has 0 radical (unpaired) electrons. The summed E-state index contributed by atoms with van der Waals surface area (Å²) in [6, 6.07) is -1.29. The van der Waals surface area contributed by atoms with E-state index in [0.29, 0.717) is 10.7 Å². The number of carbonyl (C=O) groups is 3. The van der Waals surface area contributed by atoms with E-state index in [1.54, 1.807) is 0 Å². The van der Waals surface area contributed by atoms with Crippen LogP contribution in [0.2, 0.25) is 0 Å². The molecule has 0 aliphatic heterocycles. The van der Waals surface area contributed by atoms with Gasteiger partial charge in [-0.05, 0) is 0 Å². The number of alkyl halides is 2. The molecule has 8 heteroatoms. The standard InChI is InChI=1S/C4H7NO4.C3H4Br2O/c5-2(4(8)9)1-3(6)7;4-1-3(6)2-5/h2H,1,5H2,(H,6,7)(H,8,9);1-2H2/t2-;/m0./s1. The molecule has 0 aromatic rings. The topological polar surface area (TPSA) is 118 Å². The number of carboxylic acids is 2. The van der Waals surface area contributed by atoms with Crippen LogP contribution >= 0.6 is 31.9 Å². The maximum atomic E-state index is 10.1. The van der Waals surface area contributed by atoms with E-state index in [1.165, 1.54) is 0 Å². The van der Waals surface area contributed by atoms with Gasteiger partial charge in [0.15, 0.2) is 5.78 Å². The predicted molar refractivity (Wildman–Crippen MR) is 60.5 cm³/mol. The summed E-state index contributed by atoms with van der Waals surface area (Å²) in [5, 5.41) is 16.9. The van der Waals surface area contributed by atoms with E-state index in [9.17, 15) is 14.4 Å². The average Bonchev–Trinajstić information content (AvgIpc) is 2.16. The van der Waals surface area contributed by atoms with Crippen LogP contribution in [0.25, 0.3) is 0 Å². The lowest BCUT2D eigenvalue weighted by Gasteiger charge is -1.99. The van der Waals surface area contributed by atoms with E-state index >= 15 is 0 Å². The maximum absolute atomic E-state index is 10.1. The highest BCUT2D eigenvalue weighted by molar-refractivity contribution is 9.10. The van der Waals surface area contributed by atoms with Gasteiger partial charge in [0.1, 0.15) is 6.04 Å². The van der Waals surface area contributed by atoms with Crippen molar-refractivity contribution in [1.82, 2.24) is 0 Å².